The van der Waals surface area contributed by atoms with Crippen molar-refractivity contribution in [2.75, 3.05) is 0 Å². The highest BCUT2D eigenvalue weighted by molar-refractivity contribution is 7.12. The minimum atomic E-state index is -0.932. The molecule has 0 fully saturated rings. The highest BCUT2D eigenvalue weighted by Gasteiger charge is 2.30. The van der Waals surface area contributed by atoms with Crippen LogP contribution in [-0.4, -0.2) is 16.1 Å². The van der Waals surface area contributed by atoms with Crippen LogP contribution >= 0.6 is 11.3 Å². The highest BCUT2D eigenvalue weighted by atomic mass is 32.1. The van der Waals surface area contributed by atoms with E-state index in [2.05, 4.69) is 0 Å². The molecular weight excluding hydrogens is 200 g/mol. The molecule has 1 aromatic rings. The summed E-state index contributed by atoms with van der Waals surface area (Å²) in [5, 5.41) is 21.5. The van der Waals surface area contributed by atoms with Crippen LogP contribution in [0, 0.1) is 20.2 Å². The lowest BCUT2D eigenvalue weighted by molar-refractivity contribution is -0.421. The fourth-order valence-electron chi connectivity index (χ4n) is 0.754. The summed E-state index contributed by atoms with van der Waals surface area (Å²) in [5.74, 6) is 0. The van der Waals surface area contributed by atoms with Gasteiger partial charge in [0.15, 0.2) is 11.2 Å². The zero-order valence-corrected chi connectivity index (χ0v) is 6.82. The first-order chi connectivity index (χ1) is 6.07. The predicted octanol–water partition coefficient (Wildman–Crippen LogP) is 1.38. The number of nitrogens with zero attached hydrogens (tertiary/aromatic N) is 2. The fraction of sp³-hybridized carbons (Fsp3) is 0. The summed E-state index contributed by atoms with van der Waals surface area (Å²) in [6, 6.07) is 0. The second-order valence-corrected chi connectivity index (χ2v) is 2.88. The number of aldehydes is 1. The Morgan fingerprint density at radius 3 is 2.31 bits per heavy atom. The molecule has 0 atom stereocenters. The van der Waals surface area contributed by atoms with Gasteiger partial charge in [-0.2, -0.15) is 0 Å². The van der Waals surface area contributed by atoms with Gasteiger partial charge in [0.25, 0.3) is 0 Å². The van der Waals surface area contributed by atoms with E-state index in [9.17, 15) is 25.0 Å². The van der Waals surface area contributed by atoms with Crippen LogP contribution in [0.3, 0.4) is 0 Å². The van der Waals surface area contributed by atoms with Crippen LogP contribution in [-0.2, 0) is 0 Å². The van der Waals surface area contributed by atoms with E-state index in [1.54, 1.807) is 0 Å². The quantitative estimate of drug-likeness (QED) is 0.418. The number of hydrogen-bond donors (Lipinski definition) is 0. The van der Waals surface area contributed by atoms with Gasteiger partial charge in [0.2, 0.25) is 0 Å². The van der Waals surface area contributed by atoms with E-state index in [1.165, 1.54) is 0 Å². The highest BCUT2D eigenvalue weighted by Crippen LogP contribution is 2.34. The summed E-state index contributed by atoms with van der Waals surface area (Å²) in [5.41, 5.74) is -1.37. The van der Waals surface area contributed by atoms with Gasteiger partial charge in [-0.05, 0) is 0 Å². The second-order valence-electron chi connectivity index (χ2n) is 1.97. The van der Waals surface area contributed by atoms with Gasteiger partial charge in [-0.15, -0.1) is 11.3 Å². The molecule has 0 unspecified atom stereocenters. The van der Waals surface area contributed by atoms with Gasteiger partial charge in [0, 0.05) is 0 Å². The first-order valence-corrected chi connectivity index (χ1v) is 3.81. The third kappa shape index (κ3) is 1.51. The lowest BCUT2D eigenvalue weighted by Gasteiger charge is -1.87. The topological polar surface area (TPSA) is 103 Å². The Labute approximate surface area is 74.9 Å². The molecule has 0 radical (unpaired) electrons. The number of hydrogen-bond acceptors (Lipinski definition) is 6. The van der Waals surface area contributed by atoms with Gasteiger partial charge < -0.3 is 0 Å². The third-order valence-corrected chi connectivity index (χ3v) is 2.14. The van der Waals surface area contributed by atoms with Gasteiger partial charge in [0.05, 0.1) is 15.2 Å². The average Bonchev–Trinajstić information content (AvgIpc) is 2.46. The van der Waals surface area contributed by atoms with E-state index in [4.69, 9.17) is 0 Å². The first kappa shape index (κ1) is 9.26. The van der Waals surface area contributed by atoms with Gasteiger partial charge in [-0.3, -0.25) is 25.0 Å². The van der Waals surface area contributed by atoms with Crippen molar-refractivity contribution in [3.8, 4) is 0 Å². The molecule has 0 aliphatic rings. The zero-order valence-electron chi connectivity index (χ0n) is 6.00. The van der Waals surface area contributed by atoms with E-state index in [0.717, 1.165) is 5.38 Å². The minimum Gasteiger partial charge on any atom is -0.297 e. The second kappa shape index (κ2) is 3.27. The van der Waals surface area contributed by atoms with Crippen LogP contribution in [0.1, 0.15) is 9.67 Å². The Morgan fingerprint density at radius 2 is 1.92 bits per heavy atom. The first-order valence-electron chi connectivity index (χ1n) is 2.93. The number of nitro groups is 2. The Balaban J connectivity index is 3.38. The van der Waals surface area contributed by atoms with Crippen molar-refractivity contribution >= 4 is 29.0 Å². The maximum atomic E-state index is 10.3. The molecule has 0 bridgehead atoms. The molecule has 0 amide bonds. The third-order valence-electron chi connectivity index (χ3n) is 1.26. The molecule has 13 heavy (non-hydrogen) atoms. The maximum absolute atomic E-state index is 10.3. The molecule has 1 rings (SSSR count). The summed E-state index contributed by atoms with van der Waals surface area (Å²) in [7, 11) is 0. The molecule has 8 heteroatoms. The average molecular weight is 202 g/mol. The molecule has 0 saturated heterocycles. The molecule has 0 aliphatic heterocycles. The van der Waals surface area contributed by atoms with Crippen LogP contribution in [0.4, 0.5) is 11.4 Å². The maximum Gasteiger partial charge on any atom is 0.367 e. The molecule has 0 spiro atoms. The van der Waals surface area contributed by atoms with E-state index >= 15 is 0 Å². The summed E-state index contributed by atoms with van der Waals surface area (Å²) >= 11 is 0.681. The largest absolute Gasteiger partial charge is 0.367 e. The molecule has 68 valence electrons. The normalized spacial score (nSPS) is 9.54. The molecule has 0 N–H and O–H groups in total. The lowest BCUT2D eigenvalue weighted by Crippen LogP contribution is -1.95. The number of carbonyl (C=O) groups is 1. The van der Waals surface area contributed by atoms with E-state index < -0.39 is 21.2 Å². The fourth-order valence-corrected chi connectivity index (χ4v) is 1.54. The number of carbonyl (C=O) groups excluding carboxylic acids is 1. The smallest absolute Gasteiger partial charge is 0.297 e. The standard InChI is InChI=1S/C5H2N2O5S/c8-1-4-5(7(11)12)3(2-13-4)6(9)10/h1-2H. The van der Waals surface area contributed by atoms with Crippen molar-refractivity contribution in [3.63, 3.8) is 0 Å². The van der Waals surface area contributed by atoms with Crippen molar-refractivity contribution in [1.29, 1.82) is 0 Å². The van der Waals surface area contributed by atoms with Crippen molar-refractivity contribution in [2.24, 2.45) is 0 Å². The molecule has 7 nitrogen and oxygen atoms in total. The predicted molar refractivity (Wildman–Crippen MR) is 43.0 cm³/mol. The molecule has 0 aliphatic carbocycles. The zero-order chi connectivity index (χ0) is 10.0. The monoisotopic (exact) mass is 202 g/mol. The van der Waals surface area contributed by atoms with Crippen molar-refractivity contribution in [3.05, 3.63) is 30.5 Å². The van der Waals surface area contributed by atoms with E-state index in [0.29, 0.717) is 11.3 Å². The molecule has 1 heterocycles. The van der Waals surface area contributed by atoms with E-state index in [-0.39, 0.29) is 11.2 Å². The molecule has 1 aromatic heterocycles. The Hall–Kier alpha value is -1.83. The van der Waals surface area contributed by atoms with Crippen molar-refractivity contribution in [1.82, 2.24) is 0 Å². The molecule has 0 aromatic carbocycles. The number of rotatable bonds is 3. The van der Waals surface area contributed by atoms with Crippen LogP contribution in [0.25, 0.3) is 0 Å². The summed E-state index contributed by atoms with van der Waals surface area (Å²) in [6.07, 6.45) is 0.232. The van der Waals surface area contributed by atoms with E-state index in [1.807, 2.05) is 0 Å². The SMILES string of the molecule is O=Cc1scc([N+](=O)[O-])c1[N+](=O)[O-]. The minimum absolute atomic E-state index is 0.232. The number of thiophene rings is 1. The summed E-state index contributed by atoms with van der Waals surface area (Å²) in [6.45, 7) is 0. The van der Waals surface area contributed by atoms with Gasteiger partial charge in [0.1, 0.15) is 0 Å². The van der Waals surface area contributed by atoms with Crippen LogP contribution in [0.15, 0.2) is 5.38 Å². The van der Waals surface area contributed by atoms with Crippen molar-refractivity contribution in [2.45, 2.75) is 0 Å². The summed E-state index contributed by atoms with van der Waals surface area (Å²) in [4.78, 5) is 28.8. The van der Waals surface area contributed by atoms with Crippen LogP contribution in [0.2, 0.25) is 0 Å². The Kier molecular flexibility index (Phi) is 2.33. The summed E-state index contributed by atoms with van der Waals surface area (Å²) < 4.78 is 0. The van der Waals surface area contributed by atoms with Crippen LogP contribution in [0.5, 0.6) is 0 Å². The van der Waals surface area contributed by atoms with Gasteiger partial charge >= 0.3 is 11.4 Å². The van der Waals surface area contributed by atoms with Gasteiger partial charge in [-0.1, -0.05) is 0 Å². The Morgan fingerprint density at radius 1 is 1.31 bits per heavy atom. The van der Waals surface area contributed by atoms with Gasteiger partial charge in [-0.25, -0.2) is 0 Å². The Bertz CT molecular complexity index is 384. The van der Waals surface area contributed by atoms with Crippen molar-refractivity contribution < 1.29 is 14.6 Å². The molecular formula is C5H2N2O5S. The van der Waals surface area contributed by atoms with Crippen LogP contribution < -0.4 is 0 Å². The lowest BCUT2D eigenvalue weighted by atomic mass is 10.4. The molecule has 0 saturated carbocycles.